The third-order valence-electron chi connectivity index (χ3n) is 3.73. The van der Waals surface area contributed by atoms with Gasteiger partial charge in [-0.05, 0) is 17.7 Å². The van der Waals surface area contributed by atoms with Gasteiger partial charge in [0.05, 0.1) is 28.9 Å². The van der Waals surface area contributed by atoms with Crippen molar-refractivity contribution in [1.82, 2.24) is 19.7 Å². The summed E-state index contributed by atoms with van der Waals surface area (Å²) in [7, 11) is 2.83. The smallest absolute Gasteiger partial charge is 0.296 e. The molecule has 0 atom stereocenters. The summed E-state index contributed by atoms with van der Waals surface area (Å²) in [4.78, 5) is 21.8. The van der Waals surface area contributed by atoms with E-state index in [0.29, 0.717) is 21.3 Å². The van der Waals surface area contributed by atoms with Crippen LogP contribution >= 0.6 is 23.2 Å². The van der Waals surface area contributed by atoms with Crippen molar-refractivity contribution in [3.05, 3.63) is 57.3 Å². The van der Waals surface area contributed by atoms with E-state index in [-0.39, 0.29) is 18.0 Å². The van der Waals surface area contributed by atoms with Crippen molar-refractivity contribution in [1.29, 1.82) is 0 Å². The van der Waals surface area contributed by atoms with E-state index in [0.717, 1.165) is 10.6 Å². The number of carbonyl (C=O) groups excluding carboxylic acids is 1. The Hall–Kier alpha value is -2.35. The Balaban J connectivity index is 2.15. The molecule has 1 amide bonds. The molecule has 1 aromatic carbocycles. The SMILES string of the molecule is CON(C)C(=O)c1nc2ccnn2c(O)c1Cc1ccc(Cl)c(Cl)c1. The lowest BCUT2D eigenvalue weighted by Crippen LogP contribution is -2.28. The van der Waals surface area contributed by atoms with Crippen LogP contribution in [-0.2, 0) is 11.3 Å². The van der Waals surface area contributed by atoms with Crippen molar-refractivity contribution in [2.45, 2.75) is 6.42 Å². The van der Waals surface area contributed by atoms with Crippen LogP contribution in [0.4, 0.5) is 0 Å². The topological polar surface area (TPSA) is 80.0 Å². The average Bonchev–Trinajstić information content (AvgIpc) is 3.07. The van der Waals surface area contributed by atoms with Crippen molar-refractivity contribution < 1.29 is 14.7 Å². The summed E-state index contributed by atoms with van der Waals surface area (Å²) in [5.74, 6) is -0.662. The first-order chi connectivity index (χ1) is 11.9. The minimum absolute atomic E-state index is 0.0703. The maximum atomic E-state index is 12.6. The van der Waals surface area contributed by atoms with Gasteiger partial charge in [-0.25, -0.2) is 10.0 Å². The van der Waals surface area contributed by atoms with Gasteiger partial charge in [0.1, 0.15) is 5.69 Å². The summed E-state index contributed by atoms with van der Waals surface area (Å²) >= 11 is 12.0. The molecule has 0 saturated heterocycles. The largest absolute Gasteiger partial charge is 0.493 e. The Labute approximate surface area is 153 Å². The van der Waals surface area contributed by atoms with Gasteiger partial charge in [-0.1, -0.05) is 29.3 Å². The summed E-state index contributed by atoms with van der Waals surface area (Å²) < 4.78 is 1.26. The predicted octanol–water partition coefficient (Wildman–Crippen LogP) is 2.97. The maximum absolute atomic E-state index is 12.6. The molecule has 0 aliphatic rings. The fraction of sp³-hybridized carbons (Fsp3) is 0.188. The van der Waals surface area contributed by atoms with Crippen molar-refractivity contribution in [3.8, 4) is 5.88 Å². The number of hydroxylamine groups is 2. The predicted molar refractivity (Wildman–Crippen MR) is 93.0 cm³/mol. The number of fused-ring (bicyclic) bond motifs is 1. The van der Waals surface area contributed by atoms with E-state index in [1.165, 1.54) is 24.9 Å². The maximum Gasteiger partial charge on any atom is 0.296 e. The van der Waals surface area contributed by atoms with Gasteiger partial charge in [0.25, 0.3) is 5.91 Å². The first-order valence-corrected chi connectivity index (χ1v) is 7.99. The van der Waals surface area contributed by atoms with Crippen LogP contribution in [0, 0.1) is 0 Å². The molecule has 3 aromatic rings. The van der Waals surface area contributed by atoms with Gasteiger partial charge in [0.15, 0.2) is 5.65 Å². The van der Waals surface area contributed by atoms with Gasteiger partial charge in [-0.3, -0.25) is 9.63 Å². The highest BCUT2D eigenvalue weighted by Gasteiger charge is 2.24. The second-order valence-electron chi connectivity index (χ2n) is 5.27. The van der Waals surface area contributed by atoms with E-state index in [1.54, 1.807) is 24.3 Å². The van der Waals surface area contributed by atoms with Crippen LogP contribution in [0.3, 0.4) is 0 Å². The van der Waals surface area contributed by atoms with E-state index in [1.807, 2.05) is 0 Å². The second-order valence-corrected chi connectivity index (χ2v) is 6.09. The lowest BCUT2D eigenvalue weighted by molar-refractivity contribution is -0.0761. The zero-order chi connectivity index (χ0) is 18.1. The zero-order valence-corrected chi connectivity index (χ0v) is 14.9. The lowest BCUT2D eigenvalue weighted by atomic mass is 10.0. The minimum Gasteiger partial charge on any atom is -0.493 e. The van der Waals surface area contributed by atoms with Crippen LogP contribution in [-0.4, -0.2) is 44.8 Å². The molecule has 2 aromatic heterocycles. The molecule has 0 aliphatic carbocycles. The molecule has 0 radical (unpaired) electrons. The summed E-state index contributed by atoms with van der Waals surface area (Å²) in [6, 6.07) is 6.67. The molecule has 1 N–H and O–H groups in total. The van der Waals surface area contributed by atoms with Crippen LogP contribution in [0.25, 0.3) is 5.65 Å². The Morgan fingerprint density at radius 3 is 2.76 bits per heavy atom. The van der Waals surface area contributed by atoms with Gasteiger partial charge >= 0.3 is 0 Å². The van der Waals surface area contributed by atoms with Gasteiger partial charge in [-0.2, -0.15) is 9.61 Å². The molecule has 0 aliphatic heterocycles. The number of nitrogens with zero attached hydrogens (tertiary/aromatic N) is 4. The Morgan fingerprint density at radius 2 is 2.08 bits per heavy atom. The van der Waals surface area contributed by atoms with Crippen LogP contribution in [0.5, 0.6) is 5.88 Å². The van der Waals surface area contributed by atoms with Crippen molar-refractivity contribution in [2.24, 2.45) is 0 Å². The van der Waals surface area contributed by atoms with Crippen molar-refractivity contribution in [3.63, 3.8) is 0 Å². The molecule has 0 saturated carbocycles. The Morgan fingerprint density at radius 1 is 1.32 bits per heavy atom. The fourth-order valence-corrected chi connectivity index (χ4v) is 2.71. The highest BCUT2D eigenvalue weighted by Crippen LogP contribution is 2.28. The van der Waals surface area contributed by atoms with Crippen LogP contribution in [0.15, 0.2) is 30.5 Å². The normalized spacial score (nSPS) is 11.0. The Bertz CT molecular complexity index is 958. The summed E-state index contributed by atoms with van der Waals surface area (Å²) in [6.07, 6.45) is 1.70. The number of aromatic nitrogens is 3. The number of rotatable bonds is 4. The number of aromatic hydroxyl groups is 1. The van der Waals surface area contributed by atoms with Gasteiger partial charge in [0, 0.05) is 19.5 Å². The number of carbonyl (C=O) groups is 1. The van der Waals surface area contributed by atoms with Crippen LogP contribution in [0.2, 0.25) is 10.0 Å². The quantitative estimate of drug-likeness (QED) is 0.703. The number of amides is 1. The van der Waals surface area contributed by atoms with Crippen LogP contribution < -0.4 is 0 Å². The monoisotopic (exact) mass is 380 g/mol. The molecule has 0 spiro atoms. The first-order valence-electron chi connectivity index (χ1n) is 7.24. The molecule has 0 fully saturated rings. The third kappa shape index (κ3) is 3.26. The van der Waals surface area contributed by atoms with E-state index >= 15 is 0 Å². The molecule has 7 nitrogen and oxygen atoms in total. The highest BCUT2D eigenvalue weighted by molar-refractivity contribution is 6.42. The number of halogens is 2. The van der Waals surface area contributed by atoms with Crippen LogP contribution in [0.1, 0.15) is 21.6 Å². The third-order valence-corrected chi connectivity index (χ3v) is 4.47. The fourth-order valence-electron chi connectivity index (χ4n) is 2.39. The van der Waals surface area contributed by atoms with Crippen molar-refractivity contribution in [2.75, 3.05) is 14.2 Å². The number of benzene rings is 1. The molecular weight excluding hydrogens is 367 g/mol. The summed E-state index contributed by atoms with van der Waals surface area (Å²) in [5, 5.41) is 16.5. The van der Waals surface area contributed by atoms with E-state index in [2.05, 4.69) is 10.1 Å². The standard InChI is InChI=1S/C16H14Cl2N4O3/c1-21(25-2)16(24)14-10(7-9-3-4-11(17)12(18)8-9)15(23)22-13(20-14)5-6-19-22/h3-6,8,23H,7H2,1-2H3. The summed E-state index contributed by atoms with van der Waals surface area (Å²) in [6.45, 7) is 0. The second kappa shape index (κ2) is 6.87. The van der Waals surface area contributed by atoms with E-state index in [4.69, 9.17) is 28.0 Å². The van der Waals surface area contributed by atoms with E-state index < -0.39 is 5.91 Å². The summed E-state index contributed by atoms with van der Waals surface area (Å²) in [5.41, 5.74) is 1.49. The Kier molecular flexibility index (Phi) is 4.80. The molecule has 25 heavy (non-hydrogen) atoms. The molecule has 3 rings (SSSR count). The number of hydrogen-bond acceptors (Lipinski definition) is 5. The first kappa shape index (κ1) is 17.5. The van der Waals surface area contributed by atoms with Gasteiger partial charge < -0.3 is 5.11 Å². The zero-order valence-electron chi connectivity index (χ0n) is 13.4. The van der Waals surface area contributed by atoms with Gasteiger partial charge in [0.2, 0.25) is 5.88 Å². The highest BCUT2D eigenvalue weighted by atomic mass is 35.5. The lowest BCUT2D eigenvalue weighted by Gasteiger charge is -2.17. The minimum atomic E-state index is -0.489. The molecule has 2 heterocycles. The van der Waals surface area contributed by atoms with Gasteiger partial charge in [-0.15, -0.1) is 0 Å². The molecule has 0 unspecified atom stereocenters. The average molecular weight is 381 g/mol. The molecule has 130 valence electrons. The van der Waals surface area contributed by atoms with Crippen molar-refractivity contribution >= 4 is 34.8 Å². The number of hydrogen-bond donors (Lipinski definition) is 1. The van der Waals surface area contributed by atoms with E-state index in [9.17, 15) is 9.90 Å². The molecular formula is C16H14Cl2N4O3. The molecule has 0 bridgehead atoms. The molecule has 9 heteroatoms.